The highest BCUT2D eigenvalue weighted by Crippen LogP contribution is 2.67. The van der Waals surface area contributed by atoms with Gasteiger partial charge in [-0.3, -0.25) is 4.79 Å². The summed E-state index contributed by atoms with van der Waals surface area (Å²) in [5.74, 6) is 2.71. The summed E-state index contributed by atoms with van der Waals surface area (Å²) in [6.07, 6.45) is 15.5. The van der Waals surface area contributed by atoms with Crippen molar-refractivity contribution in [1.82, 2.24) is 5.32 Å². The molecule has 3 N–H and O–H groups in total. The Balaban J connectivity index is 1.42. The van der Waals surface area contributed by atoms with Crippen LogP contribution in [0.15, 0.2) is 16.8 Å². The highest BCUT2D eigenvalue weighted by atomic mass is 32.1. The number of carboxylic acid groups (broad SMARTS) is 1. The quantitative estimate of drug-likeness (QED) is 0.261. The average Bonchev–Trinajstić information content (AvgIpc) is 3.08. The molecule has 4 aliphatic carbocycles. The Morgan fingerprint density at radius 2 is 2.00 bits per heavy atom. The number of nitrogens with one attached hydrogen (secondary N) is 1. The summed E-state index contributed by atoms with van der Waals surface area (Å²) in [6, 6.07) is -1.05. The molecule has 0 heterocycles. The summed E-state index contributed by atoms with van der Waals surface area (Å²) in [4.78, 5) is 28.2. The average molecular weight is 489 g/mol. The molecule has 186 valence electrons. The first-order valence-corrected chi connectivity index (χ1v) is 12.9. The fraction of sp³-hybridized carbons (Fsp3) is 0.731. The van der Waals surface area contributed by atoms with Crippen LogP contribution in [0.4, 0.5) is 0 Å². The molecule has 0 saturated heterocycles. The molecule has 0 radical (unpaired) electrons. The number of hydrogen-bond acceptors (Lipinski definition) is 6. The molecule has 0 aromatic carbocycles. The van der Waals surface area contributed by atoms with Crippen LogP contribution in [0, 0.1) is 40.9 Å². The van der Waals surface area contributed by atoms with Crippen LogP contribution < -0.4 is 5.32 Å². The zero-order chi connectivity index (χ0) is 24.7. The minimum absolute atomic E-state index is 0.00443. The molecule has 0 bridgehead atoms. The molecule has 8 heteroatoms. The lowest BCUT2D eigenvalue weighted by molar-refractivity contribution is -0.141. The number of carbonyl (C=O) groups is 2. The van der Waals surface area contributed by atoms with Gasteiger partial charge in [-0.2, -0.15) is 12.6 Å². The predicted octanol–water partition coefficient (Wildman–Crippen LogP) is 3.19. The van der Waals surface area contributed by atoms with Crippen LogP contribution >= 0.6 is 12.6 Å². The fourth-order valence-corrected chi connectivity index (χ4v) is 7.74. The van der Waals surface area contributed by atoms with Crippen molar-refractivity contribution in [3.63, 3.8) is 0 Å². The van der Waals surface area contributed by atoms with Gasteiger partial charge in [-0.25, -0.2) is 4.79 Å². The first-order chi connectivity index (χ1) is 16.1. The van der Waals surface area contributed by atoms with Crippen molar-refractivity contribution in [3.05, 3.63) is 11.6 Å². The standard InChI is InChI=1S/C26H36N2O5S/c1-4-26(32)12-9-20-18-6-5-16-13-17(28-33-14-22(29)27-21(15-34)23(30)31)7-10-24(16,2)19(18)8-11-25(20,26)3/h1,13,18-21,32,34H,5-12,14-15H2,2-3H3,(H,27,29)(H,30,31)/b28-17-/t18-,19+,20+,21-,24+,25+,26-/m1/s1. The van der Waals surface area contributed by atoms with Crippen LogP contribution in [-0.4, -0.2) is 51.8 Å². The molecular weight excluding hydrogens is 452 g/mol. The first kappa shape index (κ1) is 25.1. The van der Waals surface area contributed by atoms with Crippen molar-refractivity contribution >= 4 is 30.2 Å². The predicted molar refractivity (Wildman–Crippen MR) is 132 cm³/mol. The van der Waals surface area contributed by atoms with Gasteiger partial charge in [-0.1, -0.05) is 30.5 Å². The van der Waals surface area contributed by atoms with Crippen molar-refractivity contribution in [1.29, 1.82) is 0 Å². The summed E-state index contributed by atoms with van der Waals surface area (Å²) in [7, 11) is 0. The minimum atomic E-state index is -1.13. The van der Waals surface area contributed by atoms with E-state index >= 15 is 0 Å². The lowest BCUT2D eigenvalue weighted by atomic mass is 9.46. The number of hydrogen-bond donors (Lipinski definition) is 4. The van der Waals surface area contributed by atoms with Gasteiger partial charge in [0.25, 0.3) is 5.91 Å². The second-order valence-corrected chi connectivity index (χ2v) is 11.4. The summed E-state index contributed by atoms with van der Waals surface area (Å²) in [5.41, 5.74) is 1.17. The molecule has 7 atom stereocenters. The number of carbonyl (C=O) groups excluding carboxylic acids is 1. The van der Waals surface area contributed by atoms with E-state index in [-0.39, 0.29) is 23.2 Å². The molecule has 0 aromatic rings. The maximum Gasteiger partial charge on any atom is 0.327 e. The molecule has 4 aliphatic rings. The number of aliphatic hydroxyl groups is 1. The van der Waals surface area contributed by atoms with E-state index in [4.69, 9.17) is 16.4 Å². The zero-order valence-corrected chi connectivity index (χ0v) is 20.9. The van der Waals surface area contributed by atoms with Crippen LogP contribution in [0.2, 0.25) is 0 Å². The molecule has 0 aliphatic heterocycles. The monoisotopic (exact) mass is 488 g/mol. The van der Waals surface area contributed by atoms with E-state index in [9.17, 15) is 14.7 Å². The van der Waals surface area contributed by atoms with Gasteiger partial charge in [0.05, 0.1) is 5.71 Å². The van der Waals surface area contributed by atoms with Gasteiger partial charge in [-0.15, -0.1) is 6.42 Å². The highest BCUT2D eigenvalue weighted by Gasteiger charge is 2.63. The lowest BCUT2D eigenvalue weighted by Gasteiger charge is -2.58. The Kier molecular flexibility index (Phi) is 6.82. The molecule has 34 heavy (non-hydrogen) atoms. The molecule has 7 nitrogen and oxygen atoms in total. The van der Waals surface area contributed by atoms with Gasteiger partial charge in [0, 0.05) is 11.2 Å². The normalized spacial score (nSPS) is 40.7. The molecule has 3 saturated carbocycles. The zero-order valence-electron chi connectivity index (χ0n) is 20.0. The van der Waals surface area contributed by atoms with Gasteiger partial charge < -0.3 is 20.4 Å². The third kappa shape index (κ3) is 4.05. The van der Waals surface area contributed by atoms with Crippen molar-refractivity contribution in [3.8, 4) is 12.3 Å². The Labute approximate surface area is 207 Å². The van der Waals surface area contributed by atoms with Crippen LogP contribution in [0.5, 0.6) is 0 Å². The number of rotatable bonds is 6. The van der Waals surface area contributed by atoms with Gasteiger partial charge in [0.15, 0.2) is 6.61 Å². The molecule has 0 spiro atoms. The number of allylic oxidation sites excluding steroid dienone is 2. The largest absolute Gasteiger partial charge is 0.480 e. The maximum atomic E-state index is 11.9. The first-order valence-electron chi connectivity index (χ1n) is 12.3. The molecular formula is C26H36N2O5S. The Morgan fingerprint density at radius 1 is 1.26 bits per heavy atom. The highest BCUT2D eigenvalue weighted by molar-refractivity contribution is 7.80. The number of nitrogens with zero attached hydrogens (tertiary/aromatic N) is 1. The van der Waals surface area contributed by atoms with Crippen molar-refractivity contribution in [2.75, 3.05) is 12.4 Å². The third-order valence-corrected chi connectivity index (χ3v) is 9.93. The number of terminal acetylenes is 1. The Hall–Kier alpha value is -1.98. The minimum Gasteiger partial charge on any atom is -0.480 e. The van der Waals surface area contributed by atoms with E-state index in [1.165, 1.54) is 5.57 Å². The third-order valence-electron chi connectivity index (χ3n) is 9.56. The topological polar surface area (TPSA) is 108 Å². The SMILES string of the molecule is C#C[C@@]1(O)CC[C@H]2[C@@H]3CCC4=C/C(=N\OCC(=O)N[C@H](CS)C(=O)O)CC[C@]4(C)[C@H]3CC[C@@]21C. The number of carboxylic acids is 1. The van der Waals surface area contributed by atoms with E-state index in [2.05, 4.69) is 48.9 Å². The number of oxime groups is 1. The second-order valence-electron chi connectivity index (χ2n) is 11.0. The van der Waals surface area contributed by atoms with Gasteiger partial charge in [0.2, 0.25) is 0 Å². The number of thiol groups is 1. The second kappa shape index (κ2) is 9.23. The van der Waals surface area contributed by atoms with Crippen molar-refractivity contribution in [2.45, 2.75) is 76.9 Å². The summed E-state index contributed by atoms with van der Waals surface area (Å²) in [5, 5.41) is 26.7. The van der Waals surface area contributed by atoms with Crippen LogP contribution in [0.1, 0.15) is 65.2 Å². The van der Waals surface area contributed by atoms with E-state index in [1.54, 1.807) is 0 Å². The van der Waals surface area contributed by atoms with E-state index < -0.39 is 23.5 Å². The van der Waals surface area contributed by atoms with Crippen molar-refractivity contribution in [2.24, 2.45) is 33.7 Å². The van der Waals surface area contributed by atoms with E-state index in [1.807, 2.05) is 0 Å². The van der Waals surface area contributed by atoms with E-state index in [0.29, 0.717) is 24.2 Å². The van der Waals surface area contributed by atoms with Crippen LogP contribution in [0.25, 0.3) is 0 Å². The van der Waals surface area contributed by atoms with Crippen LogP contribution in [0.3, 0.4) is 0 Å². The van der Waals surface area contributed by atoms with Crippen molar-refractivity contribution < 1.29 is 24.6 Å². The lowest BCUT2D eigenvalue weighted by Crippen LogP contribution is -2.54. The molecule has 4 rings (SSSR count). The number of aliphatic carboxylic acids is 1. The maximum absolute atomic E-state index is 11.9. The molecule has 3 fully saturated rings. The Morgan fingerprint density at radius 3 is 2.68 bits per heavy atom. The number of fused-ring (bicyclic) bond motifs is 5. The van der Waals surface area contributed by atoms with Gasteiger partial charge in [0.1, 0.15) is 11.6 Å². The van der Waals surface area contributed by atoms with Gasteiger partial charge >= 0.3 is 5.97 Å². The molecule has 0 unspecified atom stereocenters. The molecule has 1 amide bonds. The van der Waals surface area contributed by atoms with Crippen LogP contribution in [-0.2, 0) is 14.4 Å². The number of amides is 1. The fourth-order valence-electron chi connectivity index (χ4n) is 7.49. The van der Waals surface area contributed by atoms with Gasteiger partial charge in [-0.05, 0) is 80.6 Å². The summed E-state index contributed by atoms with van der Waals surface area (Å²) in [6.45, 7) is 4.27. The Bertz CT molecular complexity index is 957. The summed E-state index contributed by atoms with van der Waals surface area (Å²) >= 11 is 3.93. The van der Waals surface area contributed by atoms with E-state index in [0.717, 1.165) is 50.7 Å². The molecule has 0 aromatic heterocycles. The summed E-state index contributed by atoms with van der Waals surface area (Å²) < 4.78 is 0. The smallest absolute Gasteiger partial charge is 0.327 e.